The van der Waals surface area contributed by atoms with Crippen molar-refractivity contribution in [1.29, 1.82) is 0 Å². The second kappa shape index (κ2) is 4.55. The molecule has 17 heavy (non-hydrogen) atoms. The molecule has 2 N–H and O–H groups in total. The van der Waals surface area contributed by atoms with Gasteiger partial charge in [-0.05, 0) is 33.2 Å². The van der Waals surface area contributed by atoms with Gasteiger partial charge in [0.25, 0.3) is 0 Å². The number of aromatic nitrogens is 2. The third kappa shape index (κ3) is 2.23. The molecule has 92 valence electrons. The first-order valence-electron chi connectivity index (χ1n) is 5.57. The maximum absolute atomic E-state index is 6.21. The van der Waals surface area contributed by atoms with Crippen molar-refractivity contribution in [3.8, 4) is 0 Å². The van der Waals surface area contributed by atoms with Crippen LogP contribution in [0.5, 0.6) is 0 Å². The van der Waals surface area contributed by atoms with Crippen LogP contribution >= 0.6 is 11.6 Å². The van der Waals surface area contributed by atoms with Gasteiger partial charge in [-0.25, -0.2) is 4.98 Å². The predicted octanol–water partition coefficient (Wildman–Crippen LogP) is 2.22. The van der Waals surface area contributed by atoms with E-state index in [1.54, 1.807) is 0 Å². The number of nitrogens with zero attached hydrogens (tertiary/aromatic N) is 3. The first-order chi connectivity index (χ1) is 8.00. The van der Waals surface area contributed by atoms with Crippen molar-refractivity contribution >= 4 is 28.6 Å². The SMILES string of the molecule is CC(Cn1c(N)nc2cccc(Cl)c21)N(C)C. The Labute approximate surface area is 106 Å². The van der Waals surface area contributed by atoms with E-state index in [1.807, 2.05) is 36.9 Å². The summed E-state index contributed by atoms with van der Waals surface area (Å²) in [6, 6.07) is 6.04. The minimum absolute atomic E-state index is 0.367. The highest BCUT2D eigenvalue weighted by Crippen LogP contribution is 2.26. The van der Waals surface area contributed by atoms with Gasteiger partial charge in [-0.2, -0.15) is 0 Å². The molecule has 0 saturated heterocycles. The highest BCUT2D eigenvalue weighted by Gasteiger charge is 2.14. The van der Waals surface area contributed by atoms with Crippen LogP contribution in [0.2, 0.25) is 5.02 Å². The van der Waals surface area contributed by atoms with E-state index in [2.05, 4.69) is 16.8 Å². The van der Waals surface area contributed by atoms with Crippen molar-refractivity contribution in [3.63, 3.8) is 0 Å². The number of rotatable bonds is 3. The highest BCUT2D eigenvalue weighted by molar-refractivity contribution is 6.35. The maximum Gasteiger partial charge on any atom is 0.201 e. The fraction of sp³-hybridized carbons (Fsp3) is 0.417. The van der Waals surface area contributed by atoms with Crippen LogP contribution in [0.3, 0.4) is 0 Å². The zero-order valence-corrected chi connectivity index (χ0v) is 11.1. The summed E-state index contributed by atoms with van der Waals surface area (Å²) in [7, 11) is 4.09. The summed E-state index contributed by atoms with van der Waals surface area (Å²) in [6.45, 7) is 2.92. The Kier molecular flexibility index (Phi) is 3.26. The van der Waals surface area contributed by atoms with Crippen LogP contribution in [-0.2, 0) is 6.54 Å². The monoisotopic (exact) mass is 252 g/mol. The van der Waals surface area contributed by atoms with E-state index in [4.69, 9.17) is 17.3 Å². The third-order valence-corrected chi connectivity index (χ3v) is 3.38. The summed E-state index contributed by atoms with van der Waals surface area (Å²) in [6.07, 6.45) is 0. The van der Waals surface area contributed by atoms with Crippen molar-refractivity contribution < 1.29 is 0 Å². The maximum atomic E-state index is 6.21. The van der Waals surface area contributed by atoms with Gasteiger partial charge < -0.3 is 15.2 Å². The van der Waals surface area contributed by atoms with Crippen molar-refractivity contribution in [2.75, 3.05) is 19.8 Å². The van der Waals surface area contributed by atoms with E-state index in [0.717, 1.165) is 17.6 Å². The lowest BCUT2D eigenvalue weighted by Crippen LogP contribution is -2.29. The molecule has 1 unspecified atom stereocenters. The standard InChI is InChI=1S/C12H17ClN4/c1-8(16(2)3)7-17-11-9(13)5-4-6-10(11)15-12(17)14/h4-6,8H,7H2,1-3H3,(H2,14,15). The Balaban J connectivity index is 2.49. The number of anilines is 1. The van der Waals surface area contributed by atoms with Crippen LogP contribution < -0.4 is 5.73 Å². The molecule has 4 nitrogen and oxygen atoms in total. The van der Waals surface area contributed by atoms with Crippen molar-refractivity contribution in [2.45, 2.75) is 19.5 Å². The molecule has 5 heteroatoms. The number of benzene rings is 1. The Morgan fingerprint density at radius 1 is 1.47 bits per heavy atom. The molecule has 0 aliphatic carbocycles. The van der Waals surface area contributed by atoms with E-state index in [-0.39, 0.29) is 0 Å². The van der Waals surface area contributed by atoms with Crippen LogP contribution in [0.25, 0.3) is 11.0 Å². The van der Waals surface area contributed by atoms with E-state index in [0.29, 0.717) is 17.0 Å². The summed E-state index contributed by atoms with van der Waals surface area (Å²) in [5.41, 5.74) is 7.71. The minimum Gasteiger partial charge on any atom is -0.369 e. The number of halogens is 1. The molecular formula is C12H17ClN4. The normalized spacial score (nSPS) is 13.5. The smallest absolute Gasteiger partial charge is 0.201 e. The lowest BCUT2D eigenvalue weighted by atomic mass is 10.3. The first kappa shape index (κ1) is 12.2. The van der Waals surface area contributed by atoms with Crippen molar-refractivity contribution in [1.82, 2.24) is 14.5 Å². The molecule has 0 amide bonds. The van der Waals surface area contributed by atoms with E-state index in [1.165, 1.54) is 0 Å². The summed E-state index contributed by atoms with van der Waals surface area (Å²) < 4.78 is 1.97. The zero-order chi connectivity index (χ0) is 12.6. The predicted molar refractivity (Wildman–Crippen MR) is 72.3 cm³/mol. The third-order valence-electron chi connectivity index (χ3n) is 3.08. The Bertz CT molecular complexity index is 533. The van der Waals surface area contributed by atoms with Crippen LogP contribution in [0.1, 0.15) is 6.92 Å². The van der Waals surface area contributed by atoms with Crippen LogP contribution in [0.4, 0.5) is 5.95 Å². The second-order valence-corrected chi connectivity index (χ2v) is 4.91. The number of nitrogens with two attached hydrogens (primary N) is 1. The quantitative estimate of drug-likeness (QED) is 0.911. The molecule has 1 aromatic heterocycles. The van der Waals surface area contributed by atoms with Gasteiger partial charge in [-0.1, -0.05) is 17.7 Å². The number of imidazole rings is 1. The number of likely N-dealkylation sites (N-methyl/N-ethyl adjacent to an activating group) is 1. The van der Waals surface area contributed by atoms with Gasteiger partial charge in [0, 0.05) is 12.6 Å². The molecule has 0 spiro atoms. The van der Waals surface area contributed by atoms with Crippen LogP contribution in [0, 0.1) is 0 Å². The lowest BCUT2D eigenvalue weighted by molar-refractivity contribution is 0.287. The fourth-order valence-corrected chi connectivity index (χ4v) is 2.04. The molecular weight excluding hydrogens is 236 g/mol. The minimum atomic E-state index is 0.367. The van der Waals surface area contributed by atoms with Gasteiger partial charge in [0.15, 0.2) is 0 Å². The summed E-state index contributed by atoms with van der Waals surface area (Å²) >= 11 is 6.21. The number of para-hydroxylation sites is 1. The molecule has 2 aromatic rings. The van der Waals surface area contributed by atoms with Crippen molar-refractivity contribution in [2.24, 2.45) is 0 Å². The van der Waals surface area contributed by atoms with E-state index < -0.39 is 0 Å². The highest BCUT2D eigenvalue weighted by atomic mass is 35.5. The van der Waals surface area contributed by atoms with E-state index >= 15 is 0 Å². The van der Waals surface area contributed by atoms with Crippen molar-refractivity contribution in [3.05, 3.63) is 23.2 Å². The van der Waals surface area contributed by atoms with Gasteiger partial charge in [0.1, 0.15) is 0 Å². The van der Waals surface area contributed by atoms with Crippen LogP contribution in [0.15, 0.2) is 18.2 Å². The van der Waals surface area contributed by atoms with Gasteiger partial charge in [0.2, 0.25) is 5.95 Å². The Hall–Kier alpha value is -1.26. The summed E-state index contributed by atoms with van der Waals surface area (Å²) in [5.74, 6) is 0.516. The molecule has 0 fully saturated rings. The summed E-state index contributed by atoms with van der Waals surface area (Å²) in [4.78, 5) is 6.47. The molecule has 1 heterocycles. The Morgan fingerprint density at radius 2 is 2.18 bits per heavy atom. The molecule has 0 aliphatic heterocycles. The fourth-order valence-electron chi connectivity index (χ4n) is 1.77. The Morgan fingerprint density at radius 3 is 2.82 bits per heavy atom. The average molecular weight is 253 g/mol. The van der Waals surface area contributed by atoms with Crippen LogP contribution in [-0.4, -0.2) is 34.6 Å². The first-order valence-corrected chi connectivity index (χ1v) is 5.95. The molecule has 0 saturated carbocycles. The average Bonchev–Trinajstić information content (AvgIpc) is 2.56. The summed E-state index contributed by atoms with van der Waals surface area (Å²) in [5, 5.41) is 0.692. The number of hydrogen-bond acceptors (Lipinski definition) is 3. The van der Waals surface area contributed by atoms with E-state index in [9.17, 15) is 0 Å². The molecule has 0 aliphatic rings. The van der Waals surface area contributed by atoms with Gasteiger partial charge >= 0.3 is 0 Å². The lowest BCUT2D eigenvalue weighted by Gasteiger charge is -2.21. The number of fused-ring (bicyclic) bond motifs is 1. The van der Waals surface area contributed by atoms with Gasteiger partial charge in [-0.3, -0.25) is 0 Å². The molecule has 1 aromatic carbocycles. The molecule has 1 atom stereocenters. The zero-order valence-electron chi connectivity index (χ0n) is 10.3. The van der Waals surface area contributed by atoms with Gasteiger partial charge in [-0.15, -0.1) is 0 Å². The van der Waals surface area contributed by atoms with Gasteiger partial charge in [0.05, 0.1) is 16.1 Å². The molecule has 0 bridgehead atoms. The number of hydrogen-bond donors (Lipinski definition) is 1. The number of nitrogen functional groups attached to an aromatic ring is 1. The largest absolute Gasteiger partial charge is 0.369 e. The second-order valence-electron chi connectivity index (χ2n) is 4.50. The topological polar surface area (TPSA) is 47.1 Å². The molecule has 0 radical (unpaired) electrons. The molecule has 2 rings (SSSR count).